The minimum absolute atomic E-state index is 0.0574. The standard InChI is InChI=1S/C14H17N3OS/c1-2-3-4-11-5-7-12(8-6-11)9-13(18)16-14-17-15-10-19-14/h5-8,10H,2-4,9H2,1H3,(H,16,17,18). The monoisotopic (exact) mass is 275 g/mol. The van der Waals surface area contributed by atoms with E-state index in [4.69, 9.17) is 0 Å². The topological polar surface area (TPSA) is 54.9 Å². The Morgan fingerprint density at radius 2 is 2.00 bits per heavy atom. The van der Waals surface area contributed by atoms with Crippen LogP contribution in [0.4, 0.5) is 5.13 Å². The second-order valence-electron chi connectivity index (χ2n) is 4.39. The lowest BCUT2D eigenvalue weighted by Crippen LogP contribution is -2.14. The van der Waals surface area contributed by atoms with Gasteiger partial charge in [0.05, 0.1) is 6.42 Å². The van der Waals surface area contributed by atoms with E-state index in [1.165, 1.54) is 29.7 Å². The zero-order chi connectivity index (χ0) is 13.5. The zero-order valence-electron chi connectivity index (χ0n) is 10.9. The first-order valence-corrected chi connectivity index (χ1v) is 7.29. The van der Waals surface area contributed by atoms with E-state index in [0.29, 0.717) is 11.6 Å². The number of anilines is 1. The molecule has 5 heteroatoms. The molecule has 0 fully saturated rings. The van der Waals surface area contributed by atoms with Crippen LogP contribution in [0, 0.1) is 0 Å². The average molecular weight is 275 g/mol. The van der Waals surface area contributed by atoms with E-state index in [0.717, 1.165) is 12.0 Å². The van der Waals surface area contributed by atoms with Gasteiger partial charge in [0.15, 0.2) is 0 Å². The Kier molecular flexibility index (Phi) is 5.03. The number of aryl methyl sites for hydroxylation is 1. The maximum atomic E-state index is 11.8. The molecule has 0 saturated carbocycles. The van der Waals surface area contributed by atoms with E-state index in [-0.39, 0.29) is 5.91 Å². The normalized spacial score (nSPS) is 10.4. The number of hydrogen-bond acceptors (Lipinski definition) is 4. The lowest BCUT2D eigenvalue weighted by molar-refractivity contribution is -0.115. The summed E-state index contributed by atoms with van der Waals surface area (Å²) in [5, 5.41) is 10.7. The minimum atomic E-state index is -0.0574. The van der Waals surface area contributed by atoms with Crippen molar-refractivity contribution in [1.29, 1.82) is 0 Å². The van der Waals surface area contributed by atoms with E-state index in [1.807, 2.05) is 12.1 Å². The van der Waals surface area contributed by atoms with Crippen molar-refractivity contribution in [2.75, 3.05) is 5.32 Å². The summed E-state index contributed by atoms with van der Waals surface area (Å²) in [6.45, 7) is 2.19. The minimum Gasteiger partial charge on any atom is -0.300 e. The number of rotatable bonds is 6. The SMILES string of the molecule is CCCCc1ccc(CC(=O)Nc2nncs2)cc1. The smallest absolute Gasteiger partial charge is 0.230 e. The fourth-order valence-corrected chi connectivity index (χ4v) is 2.24. The Morgan fingerprint density at radius 3 is 2.63 bits per heavy atom. The summed E-state index contributed by atoms with van der Waals surface area (Å²) in [4.78, 5) is 11.8. The fraction of sp³-hybridized carbons (Fsp3) is 0.357. The molecule has 2 aromatic rings. The number of amides is 1. The highest BCUT2D eigenvalue weighted by Crippen LogP contribution is 2.11. The fourth-order valence-electron chi connectivity index (χ4n) is 1.78. The Morgan fingerprint density at radius 1 is 1.26 bits per heavy atom. The molecule has 100 valence electrons. The Hall–Kier alpha value is -1.75. The van der Waals surface area contributed by atoms with Gasteiger partial charge in [0.1, 0.15) is 5.51 Å². The lowest BCUT2D eigenvalue weighted by atomic mass is 10.0. The Bertz CT molecular complexity index is 508. The van der Waals surface area contributed by atoms with Crippen LogP contribution >= 0.6 is 11.3 Å². The van der Waals surface area contributed by atoms with Crippen LogP contribution in [0.15, 0.2) is 29.8 Å². The quantitative estimate of drug-likeness (QED) is 0.881. The van der Waals surface area contributed by atoms with E-state index in [2.05, 4.69) is 34.6 Å². The van der Waals surface area contributed by atoms with Crippen molar-refractivity contribution in [2.45, 2.75) is 32.6 Å². The maximum Gasteiger partial charge on any atom is 0.230 e. The molecule has 0 radical (unpaired) electrons. The molecule has 2 rings (SSSR count). The third kappa shape index (κ3) is 4.44. The van der Waals surface area contributed by atoms with Gasteiger partial charge in [0, 0.05) is 0 Å². The summed E-state index contributed by atoms with van der Waals surface area (Å²) in [7, 11) is 0. The molecule has 4 nitrogen and oxygen atoms in total. The van der Waals surface area contributed by atoms with Crippen molar-refractivity contribution < 1.29 is 4.79 Å². The summed E-state index contributed by atoms with van der Waals surface area (Å²) in [6.07, 6.45) is 3.88. The molecule has 0 saturated heterocycles. The Labute approximate surface area is 116 Å². The van der Waals surface area contributed by atoms with Crippen molar-refractivity contribution in [1.82, 2.24) is 10.2 Å². The van der Waals surface area contributed by atoms with Crippen molar-refractivity contribution in [2.24, 2.45) is 0 Å². The summed E-state index contributed by atoms with van der Waals surface area (Å²) >= 11 is 1.32. The average Bonchev–Trinajstić information content (AvgIpc) is 2.90. The molecule has 0 spiro atoms. The molecule has 1 aromatic carbocycles. The van der Waals surface area contributed by atoms with E-state index in [9.17, 15) is 4.79 Å². The van der Waals surface area contributed by atoms with Gasteiger partial charge in [0.2, 0.25) is 11.0 Å². The van der Waals surface area contributed by atoms with Crippen LogP contribution in [0.3, 0.4) is 0 Å². The number of nitrogens with one attached hydrogen (secondary N) is 1. The second-order valence-corrected chi connectivity index (χ2v) is 5.22. The van der Waals surface area contributed by atoms with Crippen LogP contribution in [0.5, 0.6) is 0 Å². The number of unbranched alkanes of at least 4 members (excludes halogenated alkanes) is 1. The molecule has 19 heavy (non-hydrogen) atoms. The van der Waals surface area contributed by atoms with Gasteiger partial charge in [-0.05, 0) is 24.0 Å². The third-order valence-electron chi connectivity index (χ3n) is 2.81. The van der Waals surface area contributed by atoms with E-state index < -0.39 is 0 Å². The predicted octanol–water partition coefficient (Wildman–Crippen LogP) is 3.06. The molecular weight excluding hydrogens is 258 g/mol. The van der Waals surface area contributed by atoms with Crippen molar-refractivity contribution in [3.8, 4) is 0 Å². The third-order valence-corrected chi connectivity index (χ3v) is 3.42. The highest BCUT2D eigenvalue weighted by molar-refractivity contribution is 7.13. The van der Waals surface area contributed by atoms with E-state index in [1.54, 1.807) is 5.51 Å². The molecule has 0 aliphatic carbocycles. The summed E-state index contributed by atoms with van der Waals surface area (Å²) in [5.74, 6) is -0.0574. The van der Waals surface area contributed by atoms with Gasteiger partial charge in [-0.15, -0.1) is 10.2 Å². The summed E-state index contributed by atoms with van der Waals surface area (Å²) in [6, 6.07) is 8.24. The molecule has 1 heterocycles. The number of carbonyl (C=O) groups is 1. The Balaban J connectivity index is 1.86. The van der Waals surface area contributed by atoms with E-state index >= 15 is 0 Å². The molecule has 0 atom stereocenters. The maximum absolute atomic E-state index is 11.8. The van der Waals surface area contributed by atoms with Gasteiger partial charge in [-0.3, -0.25) is 4.79 Å². The van der Waals surface area contributed by atoms with Gasteiger partial charge < -0.3 is 5.32 Å². The first kappa shape index (κ1) is 13.7. The molecule has 1 aromatic heterocycles. The summed E-state index contributed by atoms with van der Waals surface area (Å²) < 4.78 is 0. The first-order valence-electron chi connectivity index (χ1n) is 6.41. The number of aromatic nitrogens is 2. The first-order chi connectivity index (χ1) is 9.28. The molecule has 0 unspecified atom stereocenters. The van der Waals surface area contributed by atoms with Gasteiger partial charge in [0.25, 0.3) is 0 Å². The van der Waals surface area contributed by atoms with Crippen LogP contribution in [-0.4, -0.2) is 16.1 Å². The zero-order valence-corrected chi connectivity index (χ0v) is 11.7. The largest absolute Gasteiger partial charge is 0.300 e. The van der Waals surface area contributed by atoms with Gasteiger partial charge in [-0.25, -0.2) is 0 Å². The van der Waals surface area contributed by atoms with Crippen LogP contribution in [0.1, 0.15) is 30.9 Å². The highest BCUT2D eigenvalue weighted by atomic mass is 32.1. The van der Waals surface area contributed by atoms with Crippen molar-refractivity contribution in [3.63, 3.8) is 0 Å². The molecular formula is C14H17N3OS. The van der Waals surface area contributed by atoms with Gasteiger partial charge in [-0.1, -0.05) is 48.9 Å². The molecule has 1 N–H and O–H groups in total. The highest BCUT2D eigenvalue weighted by Gasteiger charge is 2.06. The van der Waals surface area contributed by atoms with Crippen molar-refractivity contribution in [3.05, 3.63) is 40.9 Å². The van der Waals surface area contributed by atoms with Gasteiger partial charge in [-0.2, -0.15) is 0 Å². The number of hydrogen-bond donors (Lipinski definition) is 1. The molecule has 0 aliphatic rings. The lowest BCUT2D eigenvalue weighted by Gasteiger charge is -2.04. The van der Waals surface area contributed by atoms with Crippen molar-refractivity contribution >= 4 is 22.4 Å². The molecule has 1 amide bonds. The molecule has 0 aliphatic heterocycles. The second kappa shape index (κ2) is 6.99. The van der Waals surface area contributed by atoms with Gasteiger partial charge >= 0.3 is 0 Å². The van der Waals surface area contributed by atoms with Crippen LogP contribution in [0.2, 0.25) is 0 Å². The van der Waals surface area contributed by atoms with Crippen LogP contribution < -0.4 is 5.32 Å². The predicted molar refractivity (Wildman–Crippen MR) is 77.3 cm³/mol. The summed E-state index contributed by atoms with van der Waals surface area (Å²) in [5.41, 5.74) is 3.94. The molecule has 0 bridgehead atoms. The number of nitrogens with zero attached hydrogens (tertiary/aromatic N) is 2. The van der Waals surface area contributed by atoms with Crippen LogP contribution in [0.25, 0.3) is 0 Å². The number of benzene rings is 1. The van der Waals surface area contributed by atoms with Crippen LogP contribution in [-0.2, 0) is 17.6 Å². The number of carbonyl (C=O) groups excluding carboxylic acids is 1.